The van der Waals surface area contributed by atoms with Crippen LogP contribution in [-0.2, 0) is 23.8 Å². The summed E-state index contributed by atoms with van der Waals surface area (Å²) in [4.78, 5) is 30.2. The summed E-state index contributed by atoms with van der Waals surface area (Å²) in [5.74, 6) is 0.156. The van der Waals surface area contributed by atoms with Crippen molar-refractivity contribution in [1.29, 1.82) is 0 Å². The summed E-state index contributed by atoms with van der Waals surface area (Å²) in [6, 6.07) is 8.53. The maximum absolute atomic E-state index is 12.8. The minimum atomic E-state index is -4.57. The van der Waals surface area contributed by atoms with Crippen LogP contribution in [0.25, 0.3) is 0 Å². The quantitative estimate of drug-likeness (QED) is 0.227. The Kier molecular flexibility index (Phi) is 10.7. The minimum Gasteiger partial charge on any atom is -0.480 e. The van der Waals surface area contributed by atoms with Gasteiger partial charge in [-0.2, -0.15) is 13.2 Å². The number of hydrogen-bond acceptors (Lipinski definition) is 9. The Balaban J connectivity index is 1.30. The highest BCUT2D eigenvalue weighted by Crippen LogP contribution is 2.28. The molecule has 10 nitrogen and oxygen atoms in total. The molecule has 0 unspecified atom stereocenters. The number of fused-ring (bicyclic) bond motifs is 1. The Morgan fingerprint density at radius 1 is 1.10 bits per heavy atom. The van der Waals surface area contributed by atoms with E-state index in [1.165, 1.54) is 5.56 Å². The van der Waals surface area contributed by atoms with E-state index in [1.807, 2.05) is 6.07 Å². The van der Waals surface area contributed by atoms with Gasteiger partial charge in [0, 0.05) is 50.0 Å². The van der Waals surface area contributed by atoms with Crippen LogP contribution in [0.4, 0.5) is 24.9 Å². The molecule has 1 aliphatic heterocycles. The molecule has 1 atom stereocenters. The van der Waals surface area contributed by atoms with Gasteiger partial charge >= 0.3 is 12.1 Å². The van der Waals surface area contributed by atoms with E-state index in [2.05, 4.69) is 42.6 Å². The van der Waals surface area contributed by atoms with E-state index in [1.54, 1.807) is 18.3 Å². The summed E-state index contributed by atoms with van der Waals surface area (Å²) < 4.78 is 44.1. The van der Waals surface area contributed by atoms with Crippen molar-refractivity contribution in [2.45, 2.75) is 50.7 Å². The number of hydrogen-bond donors (Lipinski definition) is 3. The molecule has 0 spiro atoms. The minimum absolute atomic E-state index is 0.178. The fourth-order valence-electron chi connectivity index (χ4n) is 4.47. The fourth-order valence-corrected chi connectivity index (χ4v) is 4.47. The Morgan fingerprint density at radius 3 is 2.66 bits per heavy atom. The molecule has 220 valence electrons. The Hall–Kier alpha value is -4.00. The number of rotatable bonds is 15. The number of carboxylic acid groups (broad SMARTS) is 1. The highest BCUT2D eigenvalue weighted by atomic mass is 19.4. The Morgan fingerprint density at radius 2 is 1.93 bits per heavy atom. The van der Waals surface area contributed by atoms with E-state index < -0.39 is 23.8 Å². The maximum Gasteiger partial charge on any atom is 0.419 e. The summed E-state index contributed by atoms with van der Waals surface area (Å²) in [7, 11) is 0. The molecule has 4 rings (SSSR count). The Bertz CT molecular complexity index is 1250. The second kappa shape index (κ2) is 14.6. The predicted molar refractivity (Wildman–Crippen MR) is 147 cm³/mol. The van der Waals surface area contributed by atoms with Crippen LogP contribution in [-0.4, -0.2) is 74.7 Å². The number of aromatic nitrogens is 4. The van der Waals surface area contributed by atoms with E-state index in [4.69, 9.17) is 9.72 Å². The molecule has 3 N–H and O–H groups in total. The molecule has 0 saturated carbocycles. The van der Waals surface area contributed by atoms with Crippen molar-refractivity contribution in [3.63, 3.8) is 0 Å². The summed E-state index contributed by atoms with van der Waals surface area (Å²) >= 11 is 0. The third-order valence-electron chi connectivity index (χ3n) is 6.72. The topological polar surface area (TPSA) is 125 Å². The Labute approximate surface area is 236 Å². The number of aliphatic carboxylic acids is 1. The van der Waals surface area contributed by atoms with E-state index >= 15 is 0 Å². The van der Waals surface area contributed by atoms with Crippen LogP contribution in [0.2, 0.25) is 0 Å². The molecule has 4 heterocycles. The highest BCUT2D eigenvalue weighted by Gasteiger charge is 2.31. The summed E-state index contributed by atoms with van der Waals surface area (Å²) in [5, 5.41) is 15.7. The van der Waals surface area contributed by atoms with Gasteiger partial charge in [0.1, 0.15) is 18.5 Å². The maximum atomic E-state index is 12.8. The van der Waals surface area contributed by atoms with Crippen molar-refractivity contribution in [2.75, 3.05) is 43.4 Å². The molecule has 0 saturated heterocycles. The van der Waals surface area contributed by atoms with Gasteiger partial charge in [-0.15, -0.1) is 0 Å². The normalized spacial score (nSPS) is 13.8. The zero-order chi connectivity index (χ0) is 29.1. The molecule has 0 aromatic carbocycles. The summed E-state index contributed by atoms with van der Waals surface area (Å²) in [5.41, 5.74) is 1.29. The lowest BCUT2D eigenvalue weighted by Crippen LogP contribution is -2.37. The van der Waals surface area contributed by atoms with Crippen molar-refractivity contribution < 1.29 is 27.8 Å². The zero-order valence-corrected chi connectivity index (χ0v) is 22.6. The number of halogens is 3. The van der Waals surface area contributed by atoms with Gasteiger partial charge in [0.05, 0.1) is 5.56 Å². The molecule has 0 bridgehead atoms. The number of nitrogens with zero attached hydrogens (tertiary/aromatic N) is 5. The van der Waals surface area contributed by atoms with E-state index in [0.29, 0.717) is 44.5 Å². The molecule has 3 aromatic heterocycles. The standard InChI is InChI=1S/C28H34F3N7O3/c29-28(30,31)21-18-34-27(35-19-21)37-23(26(39)40)11-15-38(16-17-41-24-8-1-3-12-32-24)14-4-2-7-22-10-9-20-6-5-13-33-25(20)36-22/h1,3,8-10,12,18-19,23H,2,4-7,11,13-17H2,(H,33,36)(H,39,40)(H,34,35,37)/t23-/m0/s1. The molecule has 13 heteroatoms. The zero-order valence-electron chi connectivity index (χ0n) is 22.6. The van der Waals surface area contributed by atoms with E-state index in [0.717, 1.165) is 50.2 Å². The lowest BCUT2D eigenvalue weighted by atomic mass is 10.1. The van der Waals surface area contributed by atoms with Crippen LogP contribution in [0, 0.1) is 0 Å². The number of aryl methyl sites for hydroxylation is 2. The number of carbonyl (C=O) groups is 1. The van der Waals surface area contributed by atoms with Gasteiger partial charge in [-0.3, -0.25) is 4.90 Å². The molecule has 0 amide bonds. The van der Waals surface area contributed by atoms with Gasteiger partial charge in [-0.25, -0.2) is 24.7 Å². The first-order valence-corrected chi connectivity index (χ1v) is 13.7. The molecule has 41 heavy (non-hydrogen) atoms. The number of pyridine rings is 2. The number of anilines is 2. The fraction of sp³-hybridized carbons (Fsp3) is 0.464. The van der Waals surface area contributed by atoms with Crippen LogP contribution >= 0.6 is 0 Å². The average molecular weight is 574 g/mol. The second-order valence-corrected chi connectivity index (χ2v) is 9.77. The lowest BCUT2D eigenvalue weighted by Gasteiger charge is -2.24. The van der Waals surface area contributed by atoms with Crippen molar-refractivity contribution in [3.05, 3.63) is 65.7 Å². The van der Waals surface area contributed by atoms with Crippen LogP contribution in [0.15, 0.2) is 48.9 Å². The number of alkyl halides is 3. The van der Waals surface area contributed by atoms with Crippen LogP contribution in [0.3, 0.4) is 0 Å². The molecular weight excluding hydrogens is 539 g/mol. The first-order chi connectivity index (χ1) is 19.8. The third-order valence-corrected chi connectivity index (χ3v) is 6.72. The monoisotopic (exact) mass is 573 g/mol. The molecule has 0 aliphatic carbocycles. The summed E-state index contributed by atoms with van der Waals surface area (Å²) in [6.45, 7) is 2.97. The van der Waals surface area contributed by atoms with Gasteiger partial charge in [0.15, 0.2) is 0 Å². The number of carboxylic acids is 1. The highest BCUT2D eigenvalue weighted by molar-refractivity contribution is 5.76. The lowest BCUT2D eigenvalue weighted by molar-refractivity contribution is -0.139. The van der Waals surface area contributed by atoms with Crippen molar-refractivity contribution in [2.24, 2.45) is 0 Å². The molecule has 1 aliphatic rings. The van der Waals surface area contributed by atoms with E-state index in [9.17, 15) is 23.1 Å². The smallest absolute Gasteiger partial charge is 0.419 e. The first kappa shape index (κ1) is 30.0. The van der Waals surface area contributed by atoms with Crippen molar-refractivity contribution in [3.8, 4) is 5.88 Å². The number of nitrogens with one attached hydrogen (secondary N) is 2. The molecule has 3 aromatic rings. The van der Waals surface area contributed by atoms with Gasteiger partial charge in [-0.1, -0.05) is 12.1 Å². The first-order valence-electron chi connectivity index (χ1n) is 13.7. The van der Waals surface area contributed by atoms with Gasteiger partial charge in [0.2, 0.25) is 11.8 Å². The number of ether oxygens (including phenoxy) is 1. The molecular formula is C28H34F3N7O3. The van der Waals surface area contributed by atoms with Crippen LogP contribution < -0.4 is 15.4 Å². The van der Waals surface area contributed by atoms with Crippen molar-refractivity contribution in [1.82, 2.24) is 24.8 Å². The van der Waals surface area contributed by atoms with Crippen LogP contribution in [0.1, 0.15) is 42.5 Å². The SMILES string of the molecule is O=C(O)[C@H](CCN(CCCCc1ccc2c(n1)NCCC2)CCOc1ccccn1)Nc1ncc(C(F)(F)F)cn1. The number of unbranched alkanes of at least 4 members (excludes halogenated alkanes) is 1. The summed E-state index contributed by atoms with van der Waals surface area (Å²) in [6.07, 6.45) is 3.27. The van der Waals surface area contributed by atoms with E-state index in [-0.39, 0.29) is 12.4 Å². The average Bonchev–Trinajstić information content (AvgIpc) is 2.97. The van der Waals surface area contributed by atoms with Crippen LogP contribution in [0.5, 0.6) is 5.88 Å². The predicted octanol–water partition coefficient (Wildman–Crippen LogP) is 4.30. The third kappa shape index (κ3) is 9.55. The van der Waals surface area contributed by atoms with Gasteiger partial charge < -0.3 is 20.5 Å². The largest absolute Gasteiger partial charge is 0.480 e. The molecule has 0 fully saturated rings. The second-order valence-electron chi connectivity index (χ2n) is 9.77. The molecule has 0 radical (unpaired) electrons. The van der Waals surface area contributed by atoms with Crippen molar-refractivity contribution >= 4 is 17.7 Å². The van der Waals surface area contributed by atoms with Gasteiger partial charge in [0.25, 0.3) is 0 Å². The van der Waals surface area contributed by atoms with Gasteiger partial charge in [-0.05, 0) is 62.8 Å².